The fourth-order valence-corrected chi connectivity index (χ4v) is 9.49. The highest BCUT2D eigenvalue weighted by molar-refractivity contribution is 6.09. The second-order valence-electron chi connectivity index (χ2n) is 17.7. The minimum Gasteiger partial charge on any atom is -0.457 e. The number of rotatable bonds is 6. The van der Waals surface area contributed by atoms with Crippen molar-refractivity contribution in [1.82, 2.24) is 14.1 Å². The maximum Gasteiger partial charge on any atom is 0.255 e. The lowest BCUT2D eigenvalue weighted by Crippen LogP contribution is -2.31. The van der Waals surface area contributed by atoms with Crippen molar-refractivity contribution in [2.75, 3.05) is 0 Å². The van der Waals surface area contributed by atoms with Crippen molar-refractivity contribution in [1.29, 1.82) is 0 Å². The van der Waals surface area contributed by atoms with E-state index in [1.165, 1.54) is 24.3 Å². The van der Waals surface area contributed by atoms with Gasteiger partial charge in [0.2, 0.25) is 0 Å². The molecule has 12 aromatic rings. The summed E-state index contributed by atoms with van der Waals surface area (Å²) in [6.07, 6.45) is 3.37. The van der Waals surface area contributed by atoms with E-state index in [-0.39, 0.29) is 77.8 Å². The van der Waals surface area contributed by atoms with Crippen molar-refractivity contribution in [2.45, 2.75) is 26.2 Å². The van der Waals surface area contributed by atoms with E-state index in [2.05, 4.69) is 31.4 Å². The van der Waals surface area contributed by atoms with Gasteiger partial charge in [-0.15, -0.1) is 0 Å². The van der Waals surface area contributed by atoms with E-state index in [4.69, 9.17) is 22.1 Å². The smallest absolute Gasteiger partial charge is 0.255 e. The molecule has 1 aliphatic rings. The van der Waals surface area contributed by atoms with Crippen LogP contribution in [-0.4, -0.2) is 14.1 Å². The zero-order chi connectivity index (χ0) is 61.9. The molecule has 69 heavy (non-hydrogen) atoms. The van der Waals surface area contributed by atoms with Crippen LogP contribution in [0.25, 0.3) is 106 Å². The third-order valence-corrected chi connectivity index (χ3v) is 12.6. The van der Waals surface area contributed by atoms with Crippen molar-refractivity contribution in [3.8, 4) is 84.3 Å². The molecule has 1 aliphatic heterocycles. The van der Waals surface area contributed by atoms with Crippen LogP contribution in [0, 0.1) is 0 Å². The summed E-state index contributed by atoms with van der Waals surface area (Å²) in [5.41, 5.74) is 1.29. The van der Waals surface area contributed by atoms with Gasteiger partial charge in [0, 0.05) is 45.8 Å². The summed E-state index contributed by atoms with van der Waals surface area (Å²) in [6.45, 7) is 6.41. The molecule has 0 radical (unpaired) electrons. The average molecular weight is 906 g/mol. The molecule has 0 saturated heterocycles. The SMILES string of the molecule is [2H]c1c([2H])c([2H])c(-c2cc3c4c(c2)n(-c2cccc(Oc5ccc6c7ccccc7n(-c7cc(C(C)(C)C)ccn7)c6c5)c2)c[n+]4-c2c(-c4c([2H])c([2H])c([2H])c([2H])c4[2H])cccc2-c2c([2H])c([2H])c([2H])c([2H])c2-c2c([2H])c([2H])c([2H])c([2H])c2-3)c([2H])c1[2H]. The number of pyridine rings is 1. The van der Waals surface area contributed by atoms with Gasteiger partial charge in [-0.05, 0) is 105 Å². The summed E-state index contributed by atoms with van der Waals surface area (Å²) in [5.74, 6) is 1.48. The number of para-hydroxylation sites is 2. The van der Waals surface area contributed by atoms with Gasteiger partial charge in [0.25, 0.3) is 6.33 Å². The van der Waals surface area contributed by atoms with E-state index >= 15 is 0 Å². The molecule has 0 N–H and O–H groups in total. The molecule has 0 amide bonds. The van der Waals surface area contributed by atoms with Gasteiger partial charge in [0.15, 0.2) is 11.0 Å². The van der Waals surface area contributed by atoms with Crippen LogP contribution in [0.15, 0.2) is 230 Å². The molecule has 5 nitrogen and oxygen atoms in total. The number of fused-ring (bicyclic) bond motifs is 10. The average Bonchev–Trinajstić information content (AvgIpc) is 1.64. The lowest BCUT2D eigenvalue weighted by Gasteiger charge is -2.20. The second kappa shape index (κ2) is 15.9. The summed E-state index contributed by atoms with van der Waals surface area (Å²) in [4.78, 5) is 4.83. The molecule has 0 atom stereocenters. The number of nitrogens with zero attached hydrogens (tertiary/aromatic N) is 4. The maximum absolute atomic E-state index is 9.83. The Hall–Kier alpha value is -8.80. The molecule has 328 valence electrons. The van der Waals surface area contributed by atoms with E-state index in [1.807, 2.05) is 48.5 Å². The number of imidazole rings is 1. The van der Waals surface area contributed by atoms with Crippen molar-refractivity contribution < 1.29 is 34.0 Å². The largest absolute Gasteiger partial charge is 0.457 e. The Morgan fingerprint density at radius 2 is 1.13 bits per heavy atom. The van der Waals surface area contributed by atoms with Crippen LogP contribution in [0.1, 0.15) is 51.0 Å². The van der Waals surface area contributed by atoms with Crippen LogP contribution in [0.3, 0.4) is 0 Å². The first-order chi connectivity index (χ1) is 41.3. The van der Waals surface area contributed by atoms with Gasteiger partial charge in [-0.3, -0.25) is 4.57 Å². The van der Waals surface area contributed by atoms with Gasteiger partial charge >= 0.3 is 0 Å². The fourth-order valence-electron chi connectivity index (χ4n) is 9.49. The Labute approximate surface area is 426 Å². The van der Waals surface area contributed by atoms with Gasteiger partial charge in [-0.2, -0.15) is 9.13 Å². The molecule has 9 aromatic carbocycles. The molecule has 0 fully saturated rings. The van der Waals surface area contributed by atoms with Crippen LogP contribution in [0.5, 0.6) is 11.5 Å². The van der Waals surface area contributed by atoms with Crippen molar-refractivity contribution in [3.63, 3.8) is 0 Å². The summed E-state index contributed by atoms with van der Waals surface area (Å²) in [6, 6.07) is 20.1. The zero-order valence-corrected chi connectivity index (χ0v) is 37.2. The Morgan fingerprint density at radius 1 is 0.493 bits per heavy atom. The van der Waals surface area contributed by atoms with E-state index in [0.717, 1.165) is 27.4 Å². The molecule has 0 spiro atoms. The topological polar surface area (TPSA) is 35.9 Å². The molecule has 13 rings (SSSR count). The first kappa shape index (κ1) is 25.9. The first-order valence-electron chi connectivity index (χ1n) is 31.2. The second-order valence-corrected chi connectivity index (χ2v) is 17.7. The normalized spacial score (nSPS) is 15.6. The third-order valence-electron chi connectivity index (χ3n) is 12.6. The van der Waals surface area contributed by atoms with E-state index < -0.39 is 109 Å². The first-order valence-corrected chi connectivity index (χ1v) is 22.2. The molecule has 0 aliphatic carbocycles. The van der Waals surface area contributed by atoms with Crippen LogP contribution < -0.4 is 9.30 Å². The fraction of sp³-hybridized carbons (Fsp3) is 0.0625. The zero-order valence-electron chi connectivity index (χ0n) is 55.2. The summed E-state index contributed by atoms with van der Waals surface area (Å²) in [5, 5.41) is 1.95. The Morgan fingerprint density at radius 3 is 1.88 bits per heavy atom. The van der Waals surface area contributed by atoms with Crippen LogP contribution >= 0.6 is 0 Å². The molecule has 0 saturated carbocycles. The van der Waals surface area contributed by atoms with E-state index in [9.17, 15) is 12.3 Å². The molecule has 5 heteroatoms. The number of benzene rings is 9. The van der Waals surface area contributed by atoms with Gasteiger partial charge < -0.3 is 4.74 Å². The highest BCUT2D eigenvalue weighted by atomic mass is 16.5. The molecular formula is C64H47N4O+. The minimum atomic E-state index is -0.753. The van der Waals surface area contributed by atoms with Gasteiger partial charge in [0.1, 0.15) is 28.7 Å². The molecule has 0 bridgehead atoms. The molecular weight excluding hydrogens is 841 g/mol. The van der Waals surface area contributed by atoms with Crippen molar-refractivity contribution >= 4 is 32.8 Å². The van der Waals surface area contributed by atoms with Gasteiger partial charge in [-0.25, -0.2) is 4.98 Å². The quantitative estimate of drug-likeness (QED) is 0.156. The number of ether oxygens (including phenoxy) is 1. The van der Waals surface area contributed by atoms with Crippen molar-refractivity contribution in [3.05, 3.63) is 236 Å². The minimum absolute atomic E-state index is 0.00325. The Bertz CT molecular complexity index is 5010. The van der Waals surface area contributed by atoms with Crippen molar-refractivity contribution in [2.24, 2.45) is 0 Å². The lowest BCUT2D eigenvalue weighted by atomic mass is 9.88. The number of hydrogen-bond acceptors (Lipinski definition) is 2. The van der Waals surface area contributed by atoms with E-state index in [0.29, 0.717) is 23.0 Å². The van der Waals surface area contributed by atoms with Crippen LogP contribution in [0.2, 0.25) is 0 Å². The standard InChI is InChI=1S/C64H47N4O/c1-64(2,3)45-34-35-65-61(38-45)68-58-31-15-14-28-54(58)55-33-32-48(40-59(55)68)69-47-23-16-22-46(39-47)66-41-67-62-49(43-20-8-5-9-21-43)29-17-30-56(62)52-26-12-10-24-50(52)51-25-11-13-27-53(51)57-36-44(37-60(66)63(57)67)42-18-6-4-7-19-42/h4-41H,1-3H3/q+1/i4D,5D,6D,7D,8D,9D,10D,11D,12D,13D,18D,19D,20D,21D,24D,25D,26D,27D. The Kier molecular flexibility index (Phi) is 5.99. The van der Waals surface area contributed by atoms with Gasteiger partial charge in [-0.1, -0.05) is 172 Å². The predicted octanol–water partition coefficient (Wildman–Crippen LogP) is 16.1. The van der Waals surface area contributed by atoms with Crippen LogP contribution in [-0.2, 0) is 5.41 Å². The third kappa shape index (κ3) is 6.77. The summed E-state index contributed by atoms with van der Waals surface area (Å²) < 4.78 is 177. The summed E-state index contributed by atoms with van der Waals surface area (Å²) in [7, 11) is 0. The maximum atomic E-state index is 9.83. The highest BCUT2D eigenvalue weighted by Gasteiger charge is 2.31. The molecule has 4 heterocycles. The number of aromatic nitrogens is 4. The predicted molar refractivity (Wildman–Crippen MR) is 283 cm³/mol. The van der Waals surface area contributed by atoms with E-state index in [1.54, 1.807) is 52.0 Å². The monoisotopic (exact) mass is 905 g/mol. The Balaban J connectivity index is 1.16. The highest BCUT2D eigenvalue weighted by Crippen LogP contribution is 2.46. The molecule has 0 unspecified atom stereocenters. The van der Waals surface area contributed by atoms with Crippen LogP contribution in [0.4, 0.5) is 0 Å². The lowest BCUT2D eigenvalue weighted by molar-refractivity contribution is -0.566. The van der Waals surface area contributed by atoms with Gasteiger partial charge in [0.05, 0.1) is 35.7 Å². The summed E-state index contributed by atoms with van der Waals surface area (Å²) >= 11 is 0. The molecule has 3 aromatic heterocycles. The number of hydrogen-bond donors (Lipinski definition) is 0.